The highest BCUT2D eigenvalue weighted by Crippen LogP contribution is 2.11. The van der Waals surface area contributed by atoms with Crippen molar-refractivity contribution in [1.29, 1.82) is 0 Å². The first kappa shape index (κ1) is 20.2. The van der Waals surface area contributed by atoms with Gasteiger partial charge in [0.1, 0.15) is 0 Å². The van der Waals surface area contributed by atoms with Gasteiger partial charge in [-0.3, -0.25) is 9.59 Å². The molecule has 6 heteroatoms. The molecular weight excluding hydrogens is 290 g/mol. The van der Waals surface area contributed by atoms with Crippen molar-refractivity contribution in [1.82, 2.24) is 9.80 Å². The summed E-state index contributed by atoms with van der Waals surface area (Å²) in [6, 6.07) is 0.227. The number of hydrogen-bond donors (Lipinski definition) is 1. The minimum absolute atomic E-state index is 0. The van der Waals surface area contributed by atoms with Gasteiger partial charge in [0.25, 0.3) is 0 Å². The van der Waals surface area contributed by atoms with E-state index in [9.17, 15) is 9.59 Å². The third-order valence-electron chi connectivity index (χ3n) is 3.78. The van der Waals surface area contributed by atoms with Crippen LogP contribution in [0.3, 0.4) is 0 Å². The largest absolute Gasteiger partial charge is 0.343 e. The number of carbonyl (C=O) groups excluding carboxylic acids is 2. The zero-order valence-corrected chi connectivity index (χ0v) is 14.2. The summed E-state index contributed by atoms with van der Waals surface area (Å²) < 4.78 is 0. The Morgan fingerprint density at radius 1 is 1.10 bits per heavy atom. The molecule has 5 nitrogen and oxygen atoms in total. The predicted molar refractivity (Wildman–Crippen MR) is 87.4 cm³/mol. The van der Waals surface area contributed by atoms with Gasteiger partial charge >= 0.3 is 0 Å². The highest BCUT2D eigenvalue weighted by Gasteiger charge is 2.21. The van der Waals surface area contributed by atoms with Crippen molar-refractivity contribution in [3.63, 3.8) is 0 Å². The van der Waals surface area contributed by atoms with Gasteiger partial charge in [0, 0.05) is 45.1 Å². The van der Waals surface area contributed by atoms with Gasteiger partial charge in [-0.2, -0.15) is 0 Å². The summed E-state index contributed by atoms with van der Waals surface area (Å²) in [6.07, 6.45) is 4.34. The lowest BCUT2D eigenvalue weighted by atomic mass is 10.1. The lowest BCUT2D eigenvalue weighted by Gasteiger charge is -2.30. The minimum atomic E-state index is 0. The number of piperidine rings is 1. The number of amides is 2. The highest BCUT2D eigenvalue weighted by molar-refractivity contribution is 5.85. The highest BCUT2D eigenvalue weighted by atomic mass is 35.5. The van der Waals surface area contributed by atoms with Gasteiger partial charge in [-0.05, 0) is 25.7 Å². The monoisotopic (exact) mass is 319 g/mol. The maximum Gasteiger partial charge on any atom is 0.223 e. The second-order valence-corrected chi connectivity index (χ2v) is 5.60. The van der Waals surface area contributed by atoms with E-state index in [4.69, 9.17) is 5.73 Å². The lowest BCUT2D eigenvalue weighted by Crippen LogP contribution is -2.43. The maximum absolute atomic E-state index is 12.1. The lowest BCUT2D eigenvalue weighted by molar-refractivity contribution is -0.137. The van der Waals surface area contributed by atoms with Crippen LogP contribution in [-0.4, -0.2) is 53.8 Å². The molecule has 1 fully saturated rings. The van der Waals surface area contributed by atoms with Gasteiger partial charge < -0.3 is 15.5 Å². The Kier molecular flexibility index (Phi) is 10.4. The number of hydrogen-bond acceptors (Lipinski definition) is 3. The van der Waals surface area contributed by atoms with Crippen molar-refractivity contribution in [2.24, 2.45) is 5.73 Å². The quantitative estimate of drug-likeness (QED) is 0.778. The van der Waals surface area contributed by atoms with Crippen molar-refractivity contribution in [2.75, 3.05) is 26.2 Å². The van der Waals surface area contributed by atoms with E-state index in [1.807, 2.05) is 9.80 Å². The second-order valence-electron chi connectivity index (χ2n) is 5.60. The third kappa shape index (κ3) is 7.14. The molecule has 0 atom stereocenters. The fourth-order valence-electron chi connectivity index (χ4n) is 2.58. The zero-order chi connectivity index (χ0) is 15.0. The van der Waals surface area contributed by atoms with Crippen LogP contribution in [0, 0.1) is 0 Å². The molecule has 21 heavy (non-hydrogen) atoms. The van der Waals surface area contributed by atoms with Crippen LogP contribution in [0.25, 0.3) is 0 Å². The number of rotatable bonds is 7. The van der Waals surface area contributed by atoms with Crippen LogP contribution >= 0.6 is 12.4 Å². The minimum Gasteiger partial charge on any atom is -0.343 e. The molecule has 1 rings (SSSR count). The molecule has 1 saturated heterocycles. The zero-order valence-electron chi connectivity index (χ0n) is 13.3. The third-order valence-corrected chi connectivity index (χ3v) is 3.78. The van der Waals surface area contributed by atoms with Crippen molar-refractivity contribution >= 4 is 24.2 Å². The summed E-state index contributed by atoms with van der Waals surface area (Å²) in [5.74, 6) is 0.203. The van der Waals surface area contributed by atoms with Crippen molar-refractivity contribution in [3.05, 3.63) is 0 Å². The standard InChI is InChI=1S/C15H29N3O2.ClH/c1-3-9-17(10-4-2)14(19)5-6-15(20)18-11-7-13(16)8-12-18;/h13H,3-12,16H2,1-2H3;1H. The normalized spacial score (nSPS) is 15.5. The molecule has 2 amide bonds. The molecule has 1 heterocycles. The van der Waals surface area contributed by atoms with E-state index in [0.717, 1.165) is 51.9 Å². The van der Waals surface area contributed by atoms with E-state index in [1.165, 1.54) is 0 Å². The molecule has 1 aliphatic rings. The number of nitrogens with zero attached hydrogens (tertiary/aromatic N) is 2. The summed E-state index contributed by atoms with van der Waals surface area (Å²) in [7, 11) is 0. The first-order chi connectivity index (χ1) is 9.58. The summed E-state index contributed by atoms with van der Waals surface area (Å²) in [5.41, 5.74) is 5.83. The Morgan fingerprint density at radius 2 is 1.62 bits per heavy atom. The molecule has 2 N–H and O–H groups in total. The first-order valence-electron chi connectivity index (χ1n) is 7.89. The fraction of sp³-hybridized carbons (Fsp3) is 0.867. The Labute approximate surface area is 134 Å². The molecule has 0 spiro atoms. The molecule has 0 aliphatic carbocycles. The molecule has 0 bridgehead atoms. The van der Waals surface area contributed by atoms with Crippen LogP contribution in [0.15, 0.2) is 0 Å². The van der Waals surface area contributed by atoms with E-state index >= 15 is 0 Å². The van der Waals surface area contributed by atoms with E-state index in [-0.39, 0.29) is 30.3 Å². The predicted octanol–water partition coefficient (Wildman–Crippen LogP) is 1.79. The van der Waals surface area contributed by atoms with Crippen LogP contribution in [0.4, 0.5) is 0 Å². The molecule has 0 unspecified atom stereocenters. The molecular formula is C15H30ClN3O2. The molecule has 0 radical (unpaired) electrons. The van der Waals surface area contributed by atoms with Crippen LogP contribution in [0.1, 0.15) is 52.4 Å². The van der Waals surface area contributed by atoms with Crippen LogP contribution in [0.2, 0.25) is 0 Å². The molecule has 0 aromatic carbocycles. The van der Waals surface area contributed by atoms with E-state index in [2.05, 4.69) is 13.8 Å². The van der Waals surface area contributed by atoms with Crippen LogP contribution in [0.5, 0.6) is 0 Å². The van der Waals surface area contributed by atoms with Gasteiger partial charge in [0.05, 0.1) is 0 Å². The molecule has 0 aromatic heterocycles. The average Bonchev–Trinajstić information content (AvgIpc) is 2.45. The van der Waals surface area contributed by atoms with E-state index in [0.29, 0.717) is 12.8 Å². The Morgan fingerprint density at radius 3 is 2.10 bits per heavy atom. The second kappa shape index (κ2) is 10.9. The Bertz CT molecular complexity index is 312. The Hall–Kier alpha value is -0.810. The molecule has 1 aliphatic heterocycles. The molecule has 0 saturated carbocycles. The van der Waals surface area contributed by atoms with Crippen molar-refractivity contribution in [3.8, 4) is 0 Å². The number of likely N-dealkylation sites (tertiary alicyclic amines) is 1. The van der Waals surface area contributed by atoms with E-state index < -0.39 is 0 Å². The Balaban J connectivity index is 0.00000400. The molecule has 0 aromatic rings. The number of nitrogens with two attached hydrogens (primary N) is 1. The average molecular weight is 320 g/mol. The van der Waals surface area contributed by atoms with Crippen LogP contribution in [-0.2, 0) is 9.59 Å². The topological polar surface area (TPSA) is 66.6 Å². The van der Waals surface area contributed by atoms with Gasteiger partial charge in [0.2, 0.25) is 11.8 Å². The molecule has 124 valence electrons. The number of carbonyl (C=O) groups is 2. The maximum atomic E-state index is 12.1. The SMILES string of the molecule is CCCN(CCC)C(=O)CCC(=O)N1CCC(N)CC1.Cl. The summed E-state index contributed by atoms with van der Waals surface area (Å²) >= 11 is 0. The van der Waals surface area contributed by atoms with Gasteiger partial charge in [0.15, 0.2) is 0 Å². The number of halogens is 1. The fourth-order valence-corrected chi connectivity index (χ4v) is 2.58. The van der Waals surface area contributed by atoms with Gasteiger partial charge in [-0.25, -0.2) is 0 Å². The summed E-state index contributed by atoms with van der Waals surface area (Å²) in [5, 5.41) is 0. The van der Waals surface area contributed by atoms with Gasteiger partial charge in [-0.1, -0.05) is 13.8 Å². The van der Waals surface area contributed by atoms with Crippen molar-refractivity contribution < 1.29 is 9.59 Å². The van der Waals surface area contributed by atoms with E-state index in [1.54, 1.807) is 0 Å². The summed E-state index contributed by atoms with van der Waals surface area (Å²) in [4.78, 5) is 27.9. The van der Waals surface area contributed by atoms with Crippen molar-refractivity contribution in [2.45, 2.75) is 58.4 Å². The summed E-state index contributed by atoms with van der Waals surface area (Å²) in [6.45, 7) is 7.19. The van der Waals surface area contributed by atoms with Crippen LogP contribution < -0.4 is 5.73 Å². The van der Waals surface area contributed by atoms with Gasteiger partial charge in [-0.15, -0.1) is 12.4 Å². The smallest absolute Gasteiger partial charge is 0.223 e. The first-order valence-corrected chi connectivity index (χ1v) is 7.89.